The third-order valence-electron chi connectivity index (χ3n) is 11.9. The molecule has 0 aliphatic rings. The highest BCUT2D eigenvalue weighted by Crippen LogP contribution is 2.43. The molecule has 12 aromatic rings. The van der Waals surface area contributed by atoms with E-state index in [1.165, 1.54) is 0 Å². The molecule has 0 amide bonds. The molecule has 0 atom stereocenters. The van der Waals surface area contributed by atoms with E-state index in [9.17, 15) is 0 Å². The summed E-state index contributed by atoms with van der Waals surface area (Å²) in [5, 5.41) is 4.37. The van der Waals surface area contributed by atoms with Gasteiger partial charge in [-0.05, 0) is 93.5 Å². The molecule has 0 radical (unpaired) electrons. The summed E-state index contributed by atoms with van der Waals surface area (Å²) in [7, 11) is 0. The second-order valence-corrected chi connectivity index (χ2v) is 15.7. The van der Waals surface area contributed by atoms with Gasteiger partial charge in [-0.3, -0.25) is 0 Å². The largest absolute Gasteiger partial charge is 0.456 e. The smallest absolute Gasteiger partial charge is 0.160 e. The zero-order chi connectivity index (χ0) is 41.0. The molecule has 290 valence electrons. The number of aromatic nitrogens is 2. The monoisotopic (exact) mass is 792 g/mol. The predicted octanol–water partition coefficient (Wildman–Crippen LogP) is 15.9. The van der Waals surface area contributed by atoms with Crippen LogP contribution in [0.15, 0.2) is 227 Å². The van der Waals surface area contributed by atoms with Crippen LogP contribution in [0.2, 0.25) is 0 Å². The van der Waals surface area contributed by atoms with E-state index in [0.717, 1.165) is 116 Å². The highest BCUT2D eigenvalue weighted by molar-refractivity contribution is 6.17. The number of fused-ring (bicyclic) bond motifs is 6. The van der Waals surface area contributed by atoms with Crippen molar-refractivity contribution in [1.82, 2.24) is 9.97 Å². The van der Waals surface area contributed by atoms with Gasteiger partial charge in [0.15, 0.2) is 5.82 Å². The van der Waals surface area contributed by atoms with Crippen LogP contribution in [0.3, 0.4) is 0 Å². The van der Waals surface area contributed by atoms with Crippen LogP contribution in [-0.2, 0) is 0 Å². The molecular formula is C58H36N2O2. The summed E-state index contributed by atoms with van der Waals surface area (Å²) < 4.78 is 13.0. The topological polar surface area (TPSA) is 52.1 Å². The number of nitrogens with zero attached hydrogens (tertiary/aromatic N) is 2. The first-order chi connectivity index (χ1) is 30.7. The standard InChI is InChI=1S/C58H36N2O2/c1-4-14-37(15-5-1)43-32-44(38-16-6-2-7-17-38)34-45(33-43)52-36-51(40-18-8-3-9-19-40)59-58(60-52)41-26-24-39(25-27-41)46-30-31-47(57-56(46)50-21-11-13-23-54(50)62-57)42-28-29-49-48-20-10-12-22-53(48)61-55(49)35-42/h1-36H. The van der Waals surface area contributed by atoms with E-state index in [-0.39, 0.29) is 0 Å². The summed E-state index contributed by atoms with van der Waals surface area (Å²) in [5.41, 5.74) is 16.9. The van der Waals surface area contributed by atoms with E-state index in [0.29, 0.717) is 5.82 Å². The average molecular weight is 793 g/mol. The number of rotatable bonds is 7. The van der Waals surface area contributed by atoms with Crippen LogP contribution in [0, 0.1) is 0 Å². The lowest BCUT2D eigenvalue weighted by Gasteiger charge is -2.13. The summed E-state index contributed by atoms with van der Waals surface area (Å²) in [6, 6.07) is 76.2. The molecule has 62 heavy (non-hydrogen) atoms. The van der Waals surface area contributed by atoms with Gasteiger partial charge in [0.1, 0.15) is 22.3 Å². The molecular weight excluding hydrogens is 757 g/mol. The molecule has 0 aliphatic carbocycles. The van der Waals surface area contributed by atoms with Crippen LogP contribution in [0.5, 0.6) is 0 Å². The first-order valence-electron chi connectivity index (χ1n) is 20.9. The number of para-hydroxylation sites is 2. The molecule has 9 aromatic carbocycles. The lowest BCUT2D eigenvalue weighted by Crippen LogP contribution is -1.96. The van der Waals surface area contributed by atoms with Crippen LogP contribution >= 0.6 is 0 Å². The average Bonchev–Trinajstić information content (AvgIpc) is 3.93. The van der Waals surface area contributed by atoms with E-state index in [1.807, 2.05) is 36.4 Å². The molecule has 0 saturated carbocycles. The maximum absolute atomic E-state index is 6.70. The van der Waals surface area contributed by atoms with Crippen molar-refractivity contribution in [3.05, 3.63) is 218 Å². The van der Waals surface area contributed by atoms with Gasteiger partial charge in [-0.25, -0.2) is 9.97 Å². The second-order valence-electron chi connectivity index (χ2n) is 15.7. The van der Waals surface area contributed by atoms with Crippen molar-refractivity contribution in [2.24, 2.45) is 0 Å². The van der Waals surface area contributed by atoms with Gasteiger partial charge in [-0.1, -0.05) is 164 Å². The Balaban J connectivity index is 0.978. The summed E-state index contributed by atoms with van der Waals surface area (Å²) in [6.07, 6.45) is 0. The van der Waals surface area contributed by atoms with Crippen molar-refractivity contribution in [3.8, 4) is 78.4 Å². The van der Waals surface area contributed by atoms with Crippen molar-refractivity contribution in [1.29, 1.82) is 0 Å². The predicted molar refractivity (Wildman–Crippen MR) is 255 cm³/mol. The lowest BCUT2D eigenvalue weighted by atomic mass is 9.93. The van der Waals surface area contributed by atoms with Gasteiger partial charge in [0.2, 0.25) is 0 Å². The molecule has 0 bridgehead atoms. The van der Waals surface area contributed by atoms with Gasteiger partial charge in [0, 0.05) is 43.8 Å². The Hall–Kier alpha value is -8.34. The number of benzene rings is 9. The summed E-state index contributed by atoms with van der Waals surface area (Å²) in [6.45, 7) is 0. The molecule has 0 fully saturated rings. The fraction of sp³-hybridized carbons (Fsp3) is 0. The van der Waals surface area contributed by atoms with Crippen molar-refractivity contribution >= 4 is 43.9 Å². The zero-order valence-corrected chi connectivity index (χ0v) is 33.5. The molecule has 4 heteroatoms. The Kier molecular flexibility index (Phi) is 8.46. The first-order valence-corrected chi connectivity index (χ1v) is 20.9. The van der Waals surface area contributed by atoms with Crippen LogP contribution in [-0.4, -0.2) is 9.97 Å². The van der Waals surface area contributed by atoms with Gasteiger partial charge >= 0.3 is 0 Å². The molecule has 0 aliphatic heterocycles. The Morgan fingerprint density at radius 2 is 0.774 bits per heavy atom. The first kappa shape index (κ1) is 35.6. The third kappa shape index (κ3) is 6.25. The molecule has 12 rings (SSSR count). The Bertz CT molecular complexity index is 3550. The Morgan fingerprint density at radius 1 is 0.274 bits per heavy atom. The Morgan fingerprint density at radius 3 is 1.45 bits per heavy atom. The molecule has 0 spiro atoms. The van der Waals surface area contributed by atoms with Gasteiger partial charge in [0.05, 0.1) is 11.4 Å². The molecule has 3 aromatic heterocycles. The maximum Gasteiger partial charge on any atom is 0.160 e. The quantitative estimate of drug-likeness (QED) is 0.161. The van der Waals surface area contributed by atoms with Gasteiger partial charge in [-0.2, -0.15) is 0 Å². The maximum atomic E-state index is 6.70. The fourth-order valence-corrected chi connectivity index (χ4v) is 8.84. The van der Waals surface area contributed by atoms with E-state index in [1.54, 1.807) is 0 Å². The van der Waals surface area contributed by atoms with Crippen molar-refractivity contribution in [3.63, 3.8) is 0 Å². The highest BCUT2D eigenvalue weighted by atomic mass is 16.3. The van der Waals surface area contributed by atoms with Gasteiger partial charge < -0.3 is 8.83 Å². The van der Waals surface area contributed by atoms with E-state index < -0.39 is 0 Å². The summed E-state index contributed by atoms with van der Waals surface area (Å²) in [5.74, 6) is 0.662. The third-order valence-corrected chi connectivity index (χ3v) is 11.9. The molecule has 4 nitrogen and oxygen atoms in total. The zero-order valence-electron chi connectivity index (χ0n) is 33.5. The number of furan rings is 2. The van der Waals surface area contributed by atoms with Crippen LogP contribution < -0.4 is 0 Å². The minimum atomic E-state index is 0.662. The van der Waals surface area contributed by atoms with Crippen molar-refractivity contribution in [2.45, 2.75) is 0 Å². The van der Waals surface area contributed by atoms with E-state index in [4.69, 9.17) is 18.8 Å². The highest BCUT2D eigenvalue weighted by Gasteiger charge is 2.19. The second kappa shape index (κ2) is 14.7. The minimum absolute atomic E-state index is 0.662. The van der Waals surface area contributed by atoms with Crippen LogP contribution in [0.25, 0.3) is 122 Å². The number of hydrogen-bond donors (Lipinski definition) is 0. The SMILES string of the molecule is c1ccc(-c2cc(-c3ccccc3)cc(-c3cc(-c4ccccc4)nc(-c4ccc(-c5ccc(-c6ccc7c(c6)oc6ccccc67)c6oc7ccccc7c56)cc4)n3)c2)cc1. The van der Waals surface area contributed by atoms with Crippen molar-refractivity contribution < 1.29 is 8.83 Å². The fourth-order valence-electron chi connectivity index (χ4n) is 8.84. The van der Waals surface area contributed by atoms with Gasteiger partial charge in [0.25, 0.3) is 0 Å². The Labute approximate surface area is 358 Å². The van der Waals surface area contributed by atoms with Crippen molar-refractivity contribution in [2.75, 3.05) is 0 Å². The summed E-state index contributed by atoms with van der Waals surface area (Å²) >= 11 is 0. The van der Waals surface area contributed by atoms with Gasteiger partial charge in [-0.15, -0.1) is 0 Å². The van der Waals surface area contributed by atoms with Crippen LogP contribution in [0.1, 0.15) is 0 Å². The number of hydrogen-bond acceptors (Lipinski definition) is 4. The minimum Gasteiger partial charge on any atom is -0.456 e. The van der Waals surface area contributed by atoms with E-state index in [2.05, 4.69) is 182 Å². The van der Waals surface area contributed by atoms with Crippen LogP contribution in [0.4, 0.5) is 0 Å². The molecule has 0 N–H and O–H groups in total. The normalized spacial score (nSPS) is 11.5. The summed E-state index contributed by atoms with van der Waals surface area (Å²) in [4.78, 5) is 10.5. The molecule has 0 saturated heterocycles. The molecule has 0 unspecified atom stereocenters. The molecule has 3 heterocycles. The lowest BCUT2D eigenvalue weighted by molar-refractivity contribution is 0.668. The van der Waals surface area contributed by atoms with E-state index >= 15 is 0 Å².